The quantitative estimate of drug-likeness (QED) is 0.425. The van der Waals surface area contributed by atoms with Gasteiger partial charge in [0.05, 0.1) is 0 Å². The topological polar surface area (TPSA) is 0 Å². The molecule has 0 fully saturated rings. The number of rotatable bonds is 10. The highest BCUT2D eigenvalue weighted by Crippen LogP contribution is 2.37. The van der Waals surface area contributed by atoms with E-state index in [4.69, 9.17) is 0 Å². The Balaban J connectivity index is 4.87. The second kappa shape index (κ2) is 10.2. The third-order valence-electron chi connectivity index (χ3n) is 3.70. The van der Waals surface area contributed by atoms with Gasteiger partial charge in [-0.15, -0.1) is 0 Å². The van der Waals surface area contributed by atoms with Gasteiger partial charge in [0.15, 0.2) is 0 Å². The molecule has 0 saturated heterocycles. The Kier molecular flexibility index (Phi) is 10.4. The Morgan fingerprint density at radius 1 is 0.789 bits per heavy atom. The van der Waals surface area contributed by atoms with Gasteiger partial charge in [-0.2, -0.15) is 0 Å². The lowest BCUT2D eigenvalue weighted by Gasteiger charge is -2.37. The summed E-state index contributed by atoms with van der Waals surface area (Å²) < 4.78 is 0.945. The van der Waals surface area contributed by atoms with Gasteiger partial charge in [-0.05, 0) is 12.8 Å². The van der Waals surface area contributed by atoms with Crippen LogP contribution in [-0.4, -0.2) is 28.6 Å². The summed E-state index contributed by atoms with van der Waals surface area (Å²) >= 11 is 0. The highest BCUT2D eigenvalue weighted by atomic mass is 28.3. The van der Waals surface area contributed by atoms with Crippen LogP contribution in [0.2, 0.25) is 20.9 Å². The molecule has 0 N–H and O–H groups in total. The smallest absolute Gasteiger partial charge is 0.0228 e. The molecule has 0 aromatic carbocycles. The van der Waals surface area contributed by atoms with E-state index in [0.717, 1.165) is 20.9 Å². The zero-order chi connectivity index (χ0) is 14.9. The van der Waals surface area contributed by atoms with Crippen LogP contribution in [0.25, 0.3) is 0 Å². The summed E-state index contributed by atoms with van der Waals surface area (Å²) in [6.45, 7) is 17.2. The molecule has 0 radical (unpaired) electrons. The van der Waals surface area contributed by atoms with Crippen LogP contribution < -0.4 is 0 Å². The van der Waals surface area contributed by atoms with Gasteiger partial charge in [-0.25, -0.2) is 0 Å². The Labute approximate surface area is 129 Å². The number of hydrogen-bond donors (Lipinski definition) is 0. The first-order valence-electron chi connectivity index (χ1n) is 8.46. The van der Waals surface area contributed by atoms with Crippen LogP contribution in [0.1, 0.15) is 67.7 Å². The molecule has 0 aliphatic rings. The van der Waals surface area contributed by atoms with Gasteiger partial charge < -0.3 is 0 Å². The highest BCUT2D eigenvalue weighted by Gasteiger charge is 2.32. The van der Waals surface area contributed by atoms with E-state index in [1.807, 2.05) is 0 Å². The van der Waals surface area contributed by atoms with Gasteiger partial charge in [0.2, 0.25) is 0 Å². The maximum atomic E-state index is 2.57. The standard InChI is InChI=1S/C16H38Si3/c1-8-9-10-11-12-16(17-13(2)3,18-14(4)5)19-15(6)7/h10-11,13-15H,8-9,12,17-19H2,1-7H3. The Morgan fingerprint density at radius 2 is 1.21 bits per heavy atom. The molecule has 0 saturated carbocycles. The van der Waals surface area contributed by atoms with Crippen LogP contribution in [0.15, 0.2) is 12.2 Å². The van der Waals surface area contributed by atoms with E-state index in [1.165, 1.54) is 19.3 Å². The molecule has 114 valence electrons. The first-order chi connectivity index (χ1) is 8.81. The lowest BCUT2D eigenvalue weighted by molar-refractivity contribution is 0.881. The van der Waals surface area contributed by atoms with Crippen molar-refractivity contribution in [1.29, 1.82) is 0 Å². The van der Waals surface area contributed by atoms with Crippen LogP contribution in [0.4, 0.5) is 0 Å². The minimum atomic E-state index is 0.106. The van der Waals surface area contributed by atoms with Gasteiger partial charge >= 0.3 is 0 Å². The monoisotopic (exact) mass is 314 g/mol. The zero-order valence-electron chi connectivity index (χ0n) is 14.6. The second-order valence-electron chi connectivity index (χ2n) is 7.76. The molecule has 0 rings (SSSR count). The number of allylic oxidation sites excluding steroid dienone is 2. The van der Waals surface area contributed by atoms with E-state index >= 15 is 0 Å². The fraction of sp³-hybridized carbons (Fsp3) is 0.875. The van der Waals surface area contributed by atoms with Crippen LogP contribution in [-0.2, 0) is 0 Å². The average Bonchev–Trinajstić information content (AvgIpc) is 2.21. The summed E-state index contributed by atoms with van der Waals surface area (Å²) in [5, 5.41) is 0. The average molecular weight is 315 g/mol. The molecule has 19 heavy (non-hydrogen) atoms. The van der Waals surface area contributed by atoms with Gasteiger partial charge in [-0.3, -0.25) is 0 Å². The molecule has 0 aliphatic heterocycles. The van der Waals surface area contributed by atoms with Crippen LogP contribution in [0, 0.1) is 0 Å². The van der Waals surface area contributed by atoms with Gasteiger partial charge in [-0.1, -0.05) is 87.9 Å². The minimum absolute atomic E-state index is 0.106. The fourth-order valence-corrected chi connectivity index (χ4v) is 22.3. The van der Waals surface area contributed by atoms with Crippen LogP contribution >= 0.6 is 0 Å². The van der Waals surface area contributed by atoms with Crippen molar-refractivity contribution in [3.63, 3.8) is 0 Å². The van der Waals surface area contributed by atoms with E-state index < -0.39 is 0 Å². The first-order valence-corrected chi connectivity index (χ1v) is 13.0. The first kappa shape index (κ1) is 19.4. The molecular weight excluding hydrogens is 276 g/mol. The van der Waals surface area contributed by atoms with Crippen molar-refractivity contribution in [2.45, 2.75) is 88.6 Å². The van der Waals surface area contributed by atoms with Crippen LogP contribution in [0.5, 0.6) is 0 Å². The van der Waals surface area contributed by atoms with Crippen molar-refractivity contribution in [2.75, 3.05) is 0 Å². The highest BCUT2D eigenvalue weighted by molar-refractivity contribution is 6.81. The number of hydrogen-bond acceptors (Lipinski definition) is 0. The summed E-state index contributed by atoms with van der Waals surface area (Å²) in [7, 11) is 0.317. The normalized spacial score (nSPS) is 17.8. The second-order valence-corrected chi connectivity index (χ2v) is 21.4. The maximum Gasteiger partial charge on any atom is 0.0228 e. The van der Waals surface area contributed by atoms with Crippen molar-refractivity contribution >= 4 is 28.6 Å². The molecule has 0 atom stereocenters. The van der Waals surface area contributed by atoms with Crippen molar-refractivity contribution in [1.82, 2.24) is 0 Å². The SMILES string of the molecule is CCCC=CCC([SiH2]C(C)C)([SiH2]C(C)C)[SiH2]C(C)C. The van der Waals surface area contributed by atoms with Crippen molar-refractivity contribution in [2.24, 2.45) is 0 Å². The maximum absolute atomic E-state index is 2.57. The summed E-state index contributed by atoms with van der Waals surface area (Å²) in [5.74, 6) is 0. The largest absolute Gasteiger partial charge is 0.0889 e. The van der Waals surface area contributed by atoms with E-state index in [0.29, 0.717) is 0 Å². The van der Waals surface area contributed by atoms with E-state index in [9.17, 15) is 0 Å². The molecule has 0 amide bonds. The predicted molar refractivity (Wildman–Crippen MR) is 102 cm³/mol. The summed E-state index contributed by atoms with van der Waals surface area (Å²) in [6, 6.07) is 0. The van der Waals surface area contributed by atoms with Gasteiger partial charge in [0.25, 0.3) is 0 Å². The lowest BCUT2D eigenvalue weighted by atomic mass is 10.3. The molecule has 0 unspecified atom stereocenters. The van der Waals surface area contributed by atoms with E-state index in [2.05, 4.69) is 60.6 Å². The Hall–Kier alpha value is 0.391. The molecule has 0 aromatic rings. The predicted octanol–water partition coefficient (Wildman–Crippen LogP) is 3.80. The molecular formula is C16H38Si3. The summed E-state index contributed by atoms with van der Waals surface area (Å²) in [5.41, 5.74) is 3.03. The fourth-order valence-electron chi connectivity index (χ4n) is 3.72. The van der Waals surface area contributed by atoms with Crippen molar-refractivity contribution in [3.05, 3.63) is 12.2 Å². The molecule has 0 aliphatic carbocycles. The van der Waals surface area contributed by atoms with E-state index in [-0.39, 0.29) is 28.6 Å². The molecule has 0 spiro atoms. The Morgan fingerprint density at radius 3 is 1.53 bits per heavy atom. The zero-order valence-corrected chi connectivity index (χ0v) is 18.9. The molecule has 0 nitrogen and oxygen atoms in total. The van der Waals surface area contributed by atoms with Gasteiger partial charge in [0.1, 0.15) is 0 Å². The molecule has 0 heterocycles. The molecule has 3 heteroatoms. The van der Waals surface area contributed by atoms with Gasteiger partial charge in [0, 0.05) is 28.6 Å². The minimum Gasteiger partial charge on any atom is -0.0889 e. The third kappa shape index (κ3) is 9.85. The Bertz CT molecular complexity index is 218. The lowest BCUT2D eigenvalue weighted by Crippen LogP contribution is -2.37. The summed E-state index contributed by atoms with van der Waals surface area (Å²) in [4.78, 5) is 0. The number of unbranched alkanes of at least 4 members (excludes halogenated alkanes) is 1. The van der Waals surface area contributed by atoms with E-state index in [1.54, 1.807) is 0 Å². The third-order valence-corrected chi connectivity index (χ3v) is 14.8. The van der Waals surface area contributed by atoms with Crippen molar-refractivity contribution in [3.8, 4) is 0 Å². The molecule has 0 bridgehead atoms. The van der Waals surface area contributed by atoms with Crippen molar-refractivity contribution < 1.29 is 0 Å². The molecule has 0 aromatic heterocycles. The summed E-state index contributed by atoms with van der Waals surface area (Å²) in [6.07, 6.45) is 9.09. The van der Waals surface area contributed by atoms with Crippen LogP contribution in [0.3, 0.4) is 0 Å².